The molecular weight excluding hydrogens is 173 g/mol. The molecule has 3 nitrogen and oxygen atoms in total. The standard InChI is InChI=1S/C9H10FNO2/c10-4-3-6-5-7(9(12)13)1-2-8(6)11/h1-2,5H,3-4,11H2,(H,12,13). The van der Waals surface area contributed by atoms with Crippen LogP contribution in [-0.2, 0) is 6.42 Å². The number of rotatable bonds is 3. The van der Waals surface area contributed by atoms with E-state index in [0.29, 0.717) is 11.3 Å². The van der Waals surface area contributed by atoms with Crippen LogP contribution >= 0.6 is 0 Å². The number of anilines is 1. The molecule has 0 heterocycles. The van der Waals surface area contributed by atoms with Crippen molar-refractivity contribution in [2.24, 2.45) is 0 Å². The number of halogens is 1. The first-order chi connectivity index (χ1) is 6.15. The van der Waals surface area contributed by atoms with Crippen molar-refractivity contribution >= 4 is 11.7 Å². The van der Waals surface area contributed by atoms with Gasteiger partial charge in [-0.25, -0.2) is 4.79 Å². The Labute approximate surface area is 75.0 Å². The molecule has 0 saturated carbocycles. The number of nitrogens with two attached hydrogens (primary N) is 1. The third kappa shape index (κ3) is 2.18. The average molecular weight is 183 g/mol. The largest absolute Gasteiger partial charge is 0.478 e. The van der Waals surface area contributed by atoms with Gasteiger partial charge in [-0.2, -0.15) is 0 Å². The first kappa shape index (κ1) is 9.51. The van der Waals surface area contributed by atoms with Crippen LogP contribution in [0.2, 0.25) is 0 Å². The quantitative estimate of drug-likeness (QED) is 0.697. The molecular formula is C9H10FNO2. The summed E-state index contributed by atoms with van der Waals surface area (Å²) >= 11 is 0. The van der Waals surface area contributed by atoms with Gasteiger partial charge in [-0.15, -0.1) is 0 Å². The topological polar surface area (TPSA) is 63.3 Å². The molecule has 0 bridgehead atoms. The van der Waals surface area contributed by atoms with Crippen molar-refractivity contribution in [2.45, 2.75) is 6.42 Å². The molecule has 3 N–H and O–H groups in total. The molecule has 0 amide bonds. The van der Waals surface area contributed by atoms with Crippen LogP contribution in [-0.4, -0.2) is 17.8 Å². The molecule has 70 valence electrons. The fourth-order valence-corrected chi connectivity index (χ4v) is 1.06. The van der Waals surface area contributed by atoms with Gasteiger partial charge in [0.1, 0.15) is 0 Å². The second kappa shape index (κ2) is 3.89. The predicted octanol–water partition coefficient (Wildman–Crippen LogP) is 1.48. The normalized spacial score (nSPS) is 9.92. The van der Waals surface area contributed by atoms with E-state index in [1.54, 1.807) is 0 Å². The van der Waals surface area contributed by atoms with Crippen molar-refractivity contribution in [2.75, 3.05) is 12.4 Å². The summed E-state index contributed by atoms with van der Waals surface area (Å²) in [6.07, 6.45) is 0.160. The SMILES string of the molecule is Nc1ccc(C(=O)O)cc1CCF. The Morgan fingerprint density at radius 1 is 1.54 bits per heavy atom. The van der Waals surface area contributed by atoms with E-state index < -0.39 is 12.6 Å². The molecule has 13 heavy (non-hydrogen) atoms. The second-order valence-corrected chi connectivity index (χ2v) is 2.66. The molecule has 0 spiro atoms. The molecule has 0 aliphatic rings. The molecule has 0 aliphatic carbocycles. The number of carboxylic acid groups (broad SMARTS) is 1. The lowest BCUT2D eigenvalue weighted by molar-refractivity contribution is 0.0697. The highest BCUT2D eigenvalue weighted by atomic mass is 19.1. The third-order valence-electron chi connectivity index (χ3n) is 1.75. The van der Waals surface area contributed by atoms with Crippen LogP contribution in [0.25, 0.3) is 0 Å². The first-order valence-corrected chi connectivity index (χ1v) is 3.83. The van der Waals surface area contributed by atoms with E-state index in [-0.39, 0.29) is 12.0 Å². The maximum atomic E-state index is 12.0. The Kier molecular flexibility index (Phi) is 2.84. The molecule has 1 aromatic rings. The van der Waals surface area contributed by atoms with Gasteiger partial charge in [0.25, 0.3) is 0 Å². The van der Waals surface area contributed by atoms with E-state index in [1.165, 1.54) is 18.2 Å². The van der Waals surface area contributed by atoms with Gasteiger partial charge in [0, 0.05) is 12.1 Å². The molecule has 0 atom stereocenters. The molecule has 0 saturated heterocycles. The summed E-state index contributed by atoms with van der Waals surface area (Å²) in [7, 11) is 0. The molecule has 0 aromatic heterocycles. The lowest BCUT2D eigenvalue weighted by atomic mass is 10.1. The van der Waals surface area contributed by atoms with E-state index in [9.17, 15) is 9.18 Å². The number of hydrogen-bond donors (Lipinski definition) is 2. The monoisotopic (exact) mass is 183 g/mol. The molecule has 4 heteroatoms. The number of aromatic carboxylic acids is 1. The average Bonchev–Trinajstić information content (AvgIpc) is 2.08. The van der Waals surface area contributed by atoms with Crippen LogP contribution in [0.4, 0.5) is 10.1 Å². The highest BCUT2D eigenvalue weighted by Crippen LogP contribution is 2.14. The number of nitrogen functional groups attached to an aromatic ring is 1. The van der Waals surface area contributed by atoms with Gasteiger partial charge in [-0.05, 0) is 23.8 Å². The molecule has 0 fully saturated rings. The number of alkyl halides is 1. The van der Waals surface area contributed by atoms with Gasteiger partial charge in [0.2, 0.25) is 0 Å². The first-order valence-electron chi connectivity index (χ1n) is 3.83. The molecule has 0 aliphatic heterocycles. The number of benzene rings is 1. The summed E-state index contributed by atoms with van der Waals surface area (Å²) in [6.45, 7) is -0.534. The number of aryl methyl sites for hydroxylation is 1. The Bertz CT molecular complexity index is 325. The predicted molar refractivity (Wildman–Crippen MR) is 47.5 cm³/mol. The number of hydrogen-bond acceptors (Lipinski definition) is 2. The van der Waals surface area contributed by atoms with Crippen molar-refractivity contribution in [1.29, 1.82) is 0 Å². The van der Waals surface area contributed by atoms with Crippen molar-refractivity contribution in [3.05, 3.63) is 29.3 Å². The molecule has 0 radical (unpaired) electrons. The zero-order valence-corrected chi connectivity index (χ0v) is 6.96. The fraction of sp³-hybridized carbons (Fsp3) is 0.222. The summed E-state index contributed by atoms with van der Waals surface area (Å²) in [6, 6.07) is 4.28. The highest BCUT2D eigenvalue weighted by Gasteiger charge is 2.05. The zero-order valence-electron chi connectivity index (χ0n) is 6.96. The minimum Gasteiger partial charge on any atom is -0.478 e. The lowest BCUT2D eigenvalue weighted by Crippen LogP contribution is -2.01. The summed E-state index contributed by atoms with van der Waals surface area (Å²) in [5.74, 6) is -1.03. The van der Waals surface area contributed by atoms with Crippen LogP contribution in [0.3, 0.4) is 0 Å². The summed E-state index contributed by atoms with van der Waals surface area (Å²) in [4.78, 5) is 10.5. The summed E-state index contributed by atoms with van der Waals surface area (Å²) in [5.41, 5.74) is 6.63. The maximum absolute atomic E-state index is 12.0. The van der Waals surface area contributed by atoms with Gasteiger partial charge in [0.05, 0.1) is 12.2 Å². The van der Waals surface area contributed by atoms with E-state index in [4.69, 9.17) is 10.8 Å². The third-order valence-corrected chi connectivity index (χ3v) is 1.75. The minimum absolute atomic E-state index is 0.137. The minimum atomic E-state index is -1.03. The van der Waals surface area contributed by atoms with Gasteiger partial charge >= 0.3 is 5.97 Å². The van der Waals surface area contributed by atoms with E-state index in [1.807, 2.05) is 0 Å². The van der Waals surface area contributed by atoms with E-state index >= 15 is 0 Å². The maximum Gasteiger partial charge on any atom is 0.335 e. The summed E-state index contributed by atoms with van der Waals surface area (Å²) < 4.78 is 12.0. The van der Waals surface area contributed by atoms with Crippen LogP contribution in [0.1, 0.15) is 15.9 Å². The van der Waals surface area contributed by atoms with Crippen molar-refractivity contribution in [3.8, 4) is 0 Å². The number of carboxylic acids is 1. The fourth-order valence-electron chi connectivity index (χ4n) is 1.06. The number of carbonyl (C=O) groups is 1. The Balaban J connectivity index is 3.03. The Morgan fingerprint density at radius 3 is 2.77 bits per heavy atom. The molecule has 0 unspecified atom stereocenters. The van der Waals surface area contributed by atoms with Crippen molar-refractivity contribution in [3.63, 3.8) is 0 Å². The molecule has 1 aromatic carbocycles. The van der Waals surface area contributed by atoms with Gasteiger partial charge in [-0.3, -0.25) is 4.39 Å². The second-order valence-electron chi connectivity index (χ2n) is 2.66. The van der Waals surface area contributed by atoms with E-state index in [2.05, 4.69) is 0 Å². The summed E-state index contributed by atoms with van der Waals surface area (Å²) in [5, 5.41) is 8.63. The zero-order chi connectivity index (χ0) is 9.84. The van der Waals surface area contributed by atoms with Crippen molar-refractivity contribution in [1.82, 2.24) is 0 Å². The van der Waals surface area contributed by atoms with Crippen LogP contribution < -0.4 is 5.73 Å². The van der Waals surface area contributed by atoms with Gasteiger partial charge < -0.3 is 10.8 Å². The highest BCUT2D eigenvalue weighted by molar-refractivity contribution is 5.88. The Hall–Kier alpha value is -1.58. The van der Waals surface area contributed by atoms with Crippen LogP contribution in [0, 0.1) is 0 Å². The van der Waals surface area contributed by atoms with Gasteiger partial charge in [-0.1, -0.05) is 0 Å². The van der Waals surface area contributed by atoms with E-state index in [0.717, 1.165) is 0 Å². The Morgan fingerprint density at radius 2 is 2.23 bits per heavy atom. The van der Waals surface area contributed by atoms with Gasteiger partial charge in [0.15, 0.2) is 0 Å². The van der Waals surface area contributed by atoms with Crippen LogP contribution in [0.15, 0.2) is 18.2 Å². The lowest BCUT2D eigenvalue weighted by Gasteiger charge is -2.03. The molecule has 1 rings (SSSR count). The smallest absolute Gasteiger partial charge is 0.335 e. The van der Waals surface area contributed by atoms with Crippen molar-refractivity contribution < 1.29 is 14.3 Å². The van der Waals surface area contributed by atoms with Crippen LogP contribution in [0.5, 0.6) is 0 Å².